The van der Waals surface area contributed by atoms with Crippen molar-refractivity contribution in [2.75, 3.05) is 18.9 Å². The van der Waals surface area contributed by atoms with Crippen LogP contribution < -0.4 is 5.32 Å². The highest BCUT2D eigenvalue weighted by Gasteiger charge is 2.17. The van der Waals surface area contributed by atoms with Crippen molar-refractivity contribution in [3.8, 4) is 0 Å². The van der Waals surface area contributed by atoms with E-state index in [1.165, 1.54) is 0 Å². The molecule has 4 nitrogen and oxygen atoms in total. The molecule has 0 aliphatic rings. The maximum atomic E-state index is 11.9. The fraction of sp³-hybridized carbons (Fsp3) is 0.385. The molecule has 2 aromatic rings. The van der Waals surface area contributed by atoms with Gasteiger partial charge in [0.05, 0.1) is 10.2 Å². The van der Waals surface area contributed by atoms with Crippen molar-refractivity contribution in [1.82, 2.24) is 9.88 Å². The standard InChI is InChI=1S/C13H17N3OS/c1-4-16(3)12(17)9(2)14-13-15-10-7-5-6-8-11(10)18-13/h5-9H,4H2,1-3H3,(H,14,15). The Balaban J connectivity index is 2.11. The summed E-state index contributed by atoms with van der Waals surface area (Å²) in [6.07, 6.45) is 0. The smallest absolute Gasteiger partial charge is 0.244 e. The van der Waals surface area contributed by atoms with E-state index < -0.39 is 0 Å². The van der Waals surface area contributed by atoms with Gasteiger partial charge in [-0.15, -0.1) is 0 Å². The molecule has 1 aromatic carbocycles. The number of aromatic nitrogens is 1. The lowest BCUT2D eigenvalue weighted by molar-refractivity contribution is -0.130. The van der Waals surface area contributed by atoms with Gasteiger partial charge in [0.1, 0.15) is 6.04 Å². The Morgan fingerprint density at radius 1 is 1.50 bits per heavy atom. The van der Waals surface area contributed by atoms with E-state index in [-0.39, 0.29) is 11.9 Å². The molecule has 0 saturated carbocycles. The molecule has 96 valence electrons. The molecular formula is C13H17N3OS. The van der Waals surface area contributed by atoms with Crippen molar-refractivity contribution < 1.29 is 4.79 Å². The second-order valence-electron chi connectivity index (χ2n) is 4.21. The number of thiazole rings is 1. The maximum Gasteiger partial charge on any atom is 0.244 e. The Kier molecular flexibility index (Phi) is 3.81. The summed E-state index contributed by atoms with van der Waals surface area (Å²) in [7, 11) is 1.80. The SMILES string of the molecule is CCN(C)C(=O)C(C)Nc1nc2ccccc2s1. The van der Waals surface area contributed by atoms with Crippen molar-refractivity contribution in [2.45, 2.75) is 19.9 Å². The number of rotatable bonds is 4. The van der Waals surface area contributed by atoms with Crippen LogP contribution >= 0.6 is 11.3 Å². The van der Waals surface area contributed by atoms with E-state index in [0.29, 0.717) is 6.54 Å². The van der Waals surface area contributed by atoms with Crippen molar-refractivity contribution in [3.05, 3.63) is 24.3 Å². The summed E-state index contributed by atoms with van der Waals surface area (Å²) in [5, 5.41) is 3.96. The molecule has 0 saturated heterocycles. The number of hydrogen-bond donors (Lipinski definition) is 1. The van der Waals surface area contributed by atoms with Crippen LogP contribution in [0.1, 0.15) is 13.8 Å². The number of anilines is 1. The highest BCUT2D eigenvalue weighted by Crippen LogP contribution is 2.25. The minimum absolute atomic E-state index is 0.0803. The predicted octanol–water partition coefficient (Wildman–Crippen LogP) is 2.58. The lowest BCUT2D eigenvalue weighted by Crippen LogP contribution is -2.38. The van der Waals surface area contributed by atoms with Gasteiger partial charge in [-0.2, -0.15) is 0 Å². The number of amides is 1. The zero-order valence-corrected chi connectivity index (χ0v) is 11.6. The molecule has 1 atom stereocenters. The number of carbonyl (C=O) groups is 1. The fourth-order valence-corrected chi connectivity index (χ4v) is 2.62. The van der Waals surface area contributed by atoms with Crippen LogP contribution in [0, 0.1) is 0 Å². The molecule has 5 heteroatoms. The zero-order chi connectivity index (χ0) is 13.1. The molecule has 0 aliphatic carbocycles. The highest BCUT2D eigenvalue weighted by atomic mass is 32.1. The van der Waals surface area contributed by atoms with Gasteiger partial charge >= 0.3 is 0 Å². The van der Waals surface area contributed by atoms with Gasteiger partial charge in [0.15, 0.2) is 5.13 Å². The van der Waals surface area contributed by atoms with Gasteiger partial charge < -0.3 is 10.2 Å². The molecule has 1 unspecified atom stereocenters. The van der Waals surface area contributed by atoms with E-state index in [1.807, 2.05) is 38.1 Å². The molecule has 0 fully saturated rings. The monoisotopic (exact) mass is 263 g/mol. The van der Waals surface area contributed by atoms with Gasteiger partial charge in [-0.1, -0.05) is 23.5 Å². The summed E-state index contributed by atoms with van der Waals surface area (Å²) in [5.74, 6) is 0.0803. The van der Waals surface area contributed by atoms with Crippen LogP contribution in [0.5, 0.6) is 0 Å². The largest absolute Gasteiger partial charge is 0.350 e. The molecule has 0 spiro atoms. The fourth-order valence-electron chi connectivity index (χ4n) is 1.67. The minimum atomic E-state index is -0.254. The summed E-state index contributed by atoms with van der Waals surface area (Å²) >= 11 is 1.57. The number of nitrogens with one attached hydrogen (secondary N) is 1. The number of benzene rings is 1. The quantitative estimate of drug-likeness (QED) is 0.922. The molecule has 0 aliphatic heterocycles. The van der Waals surface area contributed by atoms with Gasteiger partial charge in [0, 0.05) is 13.6 Å². The van der Waals surface area contributed by atoms with Crippen LogP contribution in [-0.4, -0.2) is 35.4 Å². The third-order valence-electron chi connectivity index (χ3n) is 2.85. The number of hydrogen-bond acceptors (Lipinski definition) is 4. The number of para-hydroxylation sites is 1. The Morgan fingerprint density at radius 2 is 2.22 bits per heavy atom. The topological polar surface area (TPSA) is 45.2 Å². The summed E-state index contributed by atoms with van der Waals surface area (Å²) < 4.78 is 1.13. The van der Waals surface area contributed by atoms with Gasteiger partial charge in [0.2, 0.25) is 5.91 Å². The Bertz CT molecular complexity index is 519. The first-order chi connectivity index (χ1) is 8.61. The molecule has 1 aromatic heterocycles. The van der Waals surface area contributed by atoms with Crippen LogP contribution in [0.4, 0.5) is 5.13 Å². The third-order valence-corrected chi connectivity index (χ3v) is 3.82. The lowest BCUT2D eigenvalue weighted by Gasteiger charge is -2.20. The molecule has 1 N–H and O–H groups in total. The summed E-state index contributed by atoms with van der Waals surface area (Å²) in [6.45, 7) is 4.54. The summed E-state index contributed by atoms with van der Waals surface area (Å²) in [6, 6.07) is 7.70. The molecule has 18 heavy (non-hydrogen) atoms. The first-order valence-electron chi connectivity index (χ1n) is 5.99. The van der Waals surface area contributed by atoms with E-state index in [4.69, 9.17) is 0 Å². The van der Waals surface area contributed by atoms with Crippen LogP contribution in [0.15, 0.2) is 24.3 Å². The average molecular weight is 263 g/mol. The molecule has 1 amide bonds. The third kappa shape index (κ3) is 2.61. The zero-order valence-electron chi connectivity index (χ0n) is 10.8. The van der Waals surface area contributed by atoms with E-state index in [0.717, 1.165) is 15.3 Å². The van der Waals surface area contributed by atoms with Gasteiger partial charge in [-0.3, -0.25) is 4.79 Å². The molecule has 0 bridgehead atoms. The van der Waals surface area contributed by atoms with Gasteiger partial charge in [-0.25, -0.2) is 4.98 Å². The van der Waals surface area contributed by atoms with Crippen LogP contribution in [-0.2, 0) is 4.79 Å². The molecule has 2 rings (SSSR count). The van der Waals surface area contributed by atoms with E-state index >= 15 is 0 Å². The summed E-state index contributed by atoms with van der Waals surface area (Å²) in [5.41, 5.74) is 0.966. The molecular weight excluding hydrogens is 246 g/mol. The number of nitrogens with zero attached hydrogens (tertiary/aromatic N) is 2. The second-order valence-corrected chi connectivity index (χ2v) is 5.24. The van der Waals surface area contributed by atoms with Crippen LogP contribution in [0.25, 0.3) is 10.2 Å². The second kappa shape index (κ2) is 5.35. The van der Waals surface area contributed by atoms with Crippen molar-refractivity contribution in [1.29, 1.82) is 0 Å². The Morgan fingerprint density at radius 3 is 2.89 bits per heavy atom. The summed E-state index contributed by atoms with van der Waals surface area (Å²) in [4.78, 5) is 18.1. The number of carbonyl (C=O) groups excluding carboxylic acids is 1. The van der Waals surface area contributed by atoms with Crippen molar-refractivity contribution in [2.24, 2.45) is 0 Å². The normalized spacial score (nSPS) is 12.4. The van der Waals surface area contributed by atoms with Gasteiger partial charge in [0.25, 0.3) is 0 Å². The molecule has 0 radical (unpaired) electrons. The molecule has 1 heterocycles. The van der Waals surface area contributed by atoms with E-state index in [2.05, 4.69) is 10.3 Å². The minimum Gasteiger partial charge on any atom is -0.350 e. The maximum absolute atomic E-state index is 11.9. The van der Waals surface area contributed by atoms with E-state index in [1.54, 1.807) is 23.3 Å². The van der Waals surface area contributed by atoms with Gasteiger partial charge in [-0.05, 0) is 26.0 Å². The first-order valence-corrected chi connectivity index (χ1v) is 6.80. The van der Waals surface area contributed by atoms with Crippen LogP contribution in [0.2, 0.25) is 0 Å². The van der Waals surface area contributed by atoms with Crippen molar-refractivity contribution >= 4 is 32.6 Å². The van der Waals surface area contributed by atoms with E-state index in [9.17, 15) is 4.79 Å². The lowest BCUT2D eigenvalue weighted by atomic mass is 10.3. The number of likely N-dealkylation sites (N-methyl/N-ethyl adjacent to an activating group) is 1. The Hall–Kier alpha value is -1.62. The highest BCUT2D eigenvalue weighted by molar-refractivity contribution is 7.22. The first kappa shape index (κ1) is 12.8. The van der Waals surface area contributed by atoms with Crippen molar-refractivity contribution in [3.63, 3.8) is 0 Å². The predicted molar refractivity (Wildman–Crippen MR) is 76.0 cm³/mol. The Labute approximate surface area is 111 Å². The average Bonchev–Trinajstić information content (AvgIpc) is 2.78. The number of fused-ring (bicyclic) bond motifs is 1. The van der Waals surface area contributed by atoms with Crippen LogP contribution in [0.3, 0.4) is 0 Å².